The molecular formula is C48H17B17N2S. The molecule has 10 rings (SSSR count). The van der Waals surface area contributed by atoms with Crippen LogP contribution in [0.2, 0.25) is 0 Å². The van der Waals surface area contributed by atoms with Gasteiger partial charge in [-0.2, -0.15) is 0 Å². The van der Waals surface area contributed by atoms with Crippen molar-refractivity contribution in [2.75, 3.05) is 0 Å². The molecule has 0 unspecified atom stereocenters. The first-order valence-electron chi connectivity index (χ1n) is 21.0. The molecule has 34 radical (unpaired) electrons. The molecule has 0 aliphatic carbocycles. The highest BCUT2D eigenvalue weighted by Crippen LogP contribution is 2.71. The van der Waals surface area contributed by atoms with Gasteiger partial charge in [0.2, 0.25) is 0 Å². The van der Waals surface area contributed by atoms with Crippen molar-refractivity contribution in [2.45, 2.75) is 19.6 Å². The normalized spacial score (nSPS) is 12.2. The second-order valence-electron chi connectivity index (χ2n) is 16.6. The van der Waals surface area contributed by atoms with Gasteiger partial charge in [0.05, 0.1) is 11.0 Å². The molecule has 0 saturated heterocycles. The van der Waals surface area contributed by atoms with E-state index >= 15 is 0 Å². The zero-order chi connectivity index (χ0) is 48.6. The van der Waals surface area contributed by atoms with Gasteiger partial charge in [0.25, 0.3) is 0 Å². The molecule has 0 saturated carbocycles. The zero-order valence-corrected chi connectivity index (χ0v) is 37.2. The largest absolute Gasteiger partial charge is 0.311 e. The Morgan fingerprint density at radius 3 is 1.18 bits per heavy atom. The quantitative estimate of drug-likeness (QED) is 0.148. The van der Waals surface area contributed by atoms with Crippen LogP contribution in [0.3, 0.4) is 0 Å². The predicted molar refractivity (Wildman–Crippen MR) is 307 cm³/mol. The van der Waals surface area contributed by atoms with Crippen molar-refractivity contribution in [3.63, 3.8) is 0 Å². The highest BCUT2D eigenvalue weighted by Gasteiger charge is 2.39. The van der Waals surface area contributed by atoms with Gasteiger partial charge in [-0.15, -0.1) is 53.7 Å². The van der Waals surface area contributed by atoms with E-state index in [1.54, 1.807) is 4.57 Å². The van der Waals surface area contributed by atoms with Crippen molar-refractivity contribution in [2.24, 2.45) is 0 Å². The van der Waals surface area contributed by atoms with Crippen LogP contribution in [0.15, 0.2) is 123 Å². The molecule has 0 bridgehead atoms. The average molecular weight is 838 g/mol. The van der Waals surface area contributed by atoms with Gasteiger partial charge in [-0.05, 0) is 69.1 Å². The standard InChI is InChI=1S/C48H17B17N2S/c49-27-25-26-28(50)30(52)33(55)38(60)45(26)66(44(25)37(59)32(54)29(27)51)18-15-16-24-22(17-18)21-13-7-8-14-23(21)67(24)46-39(61)36(58)42(64)48(43(46)65)68(19-9-3-1-4-10-19,20-11-5-2-6-12-20)47-40(62)34(56)31(53)35(57)41(47)63/h1-17H. The van der Waals surface area contributed by atoms with Gasteiger partial charge in [-0.1, -0.05) is 104 Å². The third kappa shape index (κ3) is 6.23. The maximum atomic E-state index is 7.69. The number of para-hydroxylation sites is 1. The average Bonchev–Trinajstić information content (AvgIpc) is 3.88. The lowest BCUT2D eigenvalue weighted by atomic mass is 9.62. The van der Waals surface area contributed by atoms with E-state index in [1.165, 1.54) is 0 Å². The summed E-state index contributed by atoms with van der Waals surface area (Å²) in [7, 11) is 113. The number of fused-ring (bicyclic) bond motifs is 6. The number of benzene rings is 8. The fourth-order valence-electron chi connectivity index (χ4n) is 9.79. The second kappa shape index (κ2) is 16.8. The predicted octanol–water partition coefficient (Wildman–Crippen LogP) is -7.28. The summed E-state index contributed by atoms with van der Waals surface area (Å²) < 4.78 is 3.75. The Hall–Kier alpha value is -5.19. The monoisotopic (exact) mass is 840 g/mol. The van der Waals surface area contributed by atoms with Gasteiger partial charge in [0, 0.05) is 43.0 Å². The Balaban J connectivity index is 1.36. The van der Waals surface area contributed by atoms with E-state index in [4.69, 9.17) is 133 Å². The van der Waals surface area contributed by atoms with Gasteiger partial charge in [-0.3, -0.25) is 0 Å². The fourth-order valence-corrected chi connectivity index (χ4v) is 14.1. The Labute approximate surface area is 420 Å². The van der Waals surface area contributed by atoms with Crippen molar-refractivity contribution in [1.82, 2.24) is 9.13 Å². The Morgan fingerprint density at radius 2 is 0.676 bits per heavy atom. The summed E-state index contributed by atoms with van der Waals surface area (Å²) in [6.45, 7) is 0. The first kappa shape index (κ1) is 46.5. The van der Waals surface area contributed by atoms with Crippen LogP contribution >= 0.6 is 10.0 Å². The van der Waals surface area contributed by atoms with Crippen LogP contribution in [0.4, 0.5) is 0 Å². The summed E-state index contributed by atoms with van der Waals surface area (Å²) in [4.78, 5) is 2.21. The number of hydrogen-bond acceptors (Lipinski definition) is 0. The Kier molecular flexibility index (Phi) is 11.5. The summed E-state index contributed by atoms with van der Waals surface area (Å²) in [5.74, 6) is 0. The van der Waals surface area contributed by atoms with Gasteiger partial charge in [-0.25, -0.2) is 0 Å². The summed E-state index contributed by atoms with van der Waals surface area (Å²) in [6, 6.07) is 32.6. The van der Waals surface area contributed by atoms with Crippen LogP contribution in [0, 0.1) is 0 Å². The minimum Gasteiger partial charge on any atom is -0.311 e. The van der Waals surface area contributed by atoms with E-state index in [0.29, 0.717) is 54.0 Å². The maximum Gasteiger partial charge on any atom is 0.118 e. The van der Waals surface area contributed by atoms with Crippen molar-refractivity contribution in [1.29, 1.82) is 0 Å². The van der Waals surface area contributed by atoms with Gasteiger partial charge < -0.3 is 9.13 Å². The molecule has 0 aliphatic heterocycles. The molecule has 10 aromatic rings. The highest BCUT2D eigenvalue weighted by atomic mass is 32.3. The molecule has 0 atom stereocenters. The first-order chi connectivity index (χ1) is 32.4. The van der Waals surface area contributed by atoms with Crippen LogP contribution in [0.1, 0.15) is 0 Å². The molecule has 0 spiro atoms. The zero-order valence-electron chi connectivity index (χ0n) is 36.4. The topological polar surface area (TPSA) is 9.86 Å². The molecule has 2 aromatic heterocycles. The molecule has 68 heavy (non-hydrogen) atoms. The SMILES string of the molecule is [B]c1c([B])c([B])c(S(c2ccccc2)(c2ccccc2)c2c([B])c([B])c([B])c(-n3c4ccccc4c4cc(-n5c6c([B])c([B])c([B])c([B])c6c6c([B])c([B])c([B])c([B])c65)ccc43)c2[B])c([B])c1[B]. The number of aromatic nitrogens is 2. The minimum atomic E-state index is -3.01. The summed E-state index contributed by atoms with van der Waals surface area (Å²) >= 11 is 0. The van der Waals surface area contributed by atoms with E-state index in [9.17, 15) is 0 Å². The molecule has 2 nitrogen and oxygen atoms in total. The van der Waals surface area contributed by atoms with Crippen LogP contribution < -0.4 is 92.9 Å². The molecular weight excluding hydrogens is 820 g/mol. The van der Waals surface area contributed by atoms with Crippen molar-refractivity contribution >= 4 is 280 Å². The fraction of sp³-hybridized carbons (Fsp3) is 0. The number of nitrogens with zero attached hydrogens (tertiary/aromatic N) is 2. The molecule has 0 aliphatic rings. The molecule has 276 valence electrons. The maximum absolute atomic E-state index is 7.69. The van der Waals surface area contributed by atoms with Gasteiger partial charge in [0.1, 0.15) is 133 Å². The third-order valence-corrected chi connectivity index (χ3v) is 17.2. The lowest BCUT2D eigenvalue weighted by Crippen LogP contribution is -2.57. The minimum absolute atomic E-state index is 0.0414. The van der Waals surface area contributed by atoms with Crippen LogP contribution in [0.5, 0.6) is 0 Å². The van der Waals surface area contributed by atoms with Gasteiger partial charge in [0.15, 0.2) is 0 Å². The van der Waals surface area contributed by atoms with Crippen molar-refractivity contribution in [3.8, 4) is 11.4 Å². The van der Waals surface area contributed by atoms with Crippen LogP contribution in [-0.4, -0.2) is 143 Å². The van der Waals surface area contributed by atoms with E-state index in [2.05, 4.69) is 0 Å². The number of rotatable bonds is 6. The molecule has 2 heterocycles. The molecule has 20 heteroatoms. The summed E-state index contributed by atoms with van der Waals surface area (Å²) in [6.07, 6.45) is 0. The lowest BCUT2D eigenvalue weighted by molar-refractivity contribution is 1.18. The molecule has 0 amide bonds. The summed E-state index contributed by atoms with van der Waals surface area (Å²) in [5, 5.41) is 2.35. The van der Waals surface area contributed by atoms with Crippen molar-refractivity contribution in [3.05, 3.63) is 103 Å². The smallest absolute Gasteiger partial charge is 0.118 e. The second-order valence-corrected chi connectivity index (χ2v) is 19.6. The van der Waals surface area contributed by atoms with E-state index in [-0.39, 0.29) is 92.9 Å². The van der Waals surface area contributed by atoms with E-state index in [1.807, 2.05) is 108 Å². The molecule has 0 N–H and O–H groups in total. The van der Waals surface area contributed by atoms with Crippen molar-refractivity contribution < 1.29 is 0 Å². The first-order valence-corrected chi connectivity index (χ1v) is 22.6. The Bertz CT molecular complexity index is 3690. The number of hydrogen-bond donors (Lipinski definition) is 0. The van der Waals surface area contributed by atoms with Crippen LogP contribution in [0.25, 0.3) is 55.0 Å². The lowest BCUT2D eigenvalue weighted by Gasteiger charge is -2.48. The third-order valence-electron chi connectivity index (χ3n) is 13.1. The molecule has 8 aromatic carbocycles. The Morgan fingerprint density at radius 1 is 0.294 bits per heavy atom. The molecule has 0 fully saturated rings. The highest BCUT2D eigenvalue weighted by molar-refractivity contribution is 8.34. The van der Waals surface area contributed by atoms with Gasteiger partial charge >= 0.3 is 0 Å². The van der Waals surface area contributed by atoms with Crippen LogP contribution in [-0.2, 0) is 0 Å². The van der Waals surface area contributed by atoms with E-state index < -0.39 is 10.0 Å². The van der Waals surface area contributed by atoms with E-state index in [0.717, 1.165) is 20.6 Å². The summed E-state index contributed by atoms with van der Waals surface area (Å²) in [5.41, 5.74) is 4.71.